The van der Waals surface area contributed by atoms with Gasteiger partial charge in [-0.3, -0.25) is 4.79 Å². The van der Waals surface area contributed by atoms with Gasteiger partial charge < -0.3 is 10.4 Å². The molecule has 1 aliphatic rings. The summed E-state index contributed by atoms with van der Waals surface area (Å²) >= 11 is 0. The highest BCUT2D eigenvalue weighted by atomic mass is 16.4. The molecule has 14 heavy (non-hydrogen) atoms. The zero-order valence-electron chi connectivity index (χ0n) is 8.57. The van der Waals surface area contributed by atoms with Gasteiger partial charge in [-0.2, -0.15) is 0 Å². The van der Waals surface area contributed by atoms with Crippen molar-refractivity contribution in [2.75, 3.05) is 0 Å². The Labute approximate surface area is 83.0 Å². The van der Waals surface area contributed by atoms with Crippen molar-refractivity contribution in [1.29, 1.82) is 0 Å². The second-order valence-corrected chi connectivity index (χ2v) is 3.74. The monoisotopic (exact) mass is 197 g/mol. The molecule has 0 bridgehead atoms. The molecule has 4 heteroatoms. The van der Waals surface area contributed by atoms with Gasteiger partial charge in [0.05, 0.1) is 0 Å². The van der Waals surface area contributed by atoms with Crippen LogP contribution in [-0.2, 0) is 9.59 Å². The fourth-order valence-electron chi connectivity index (χ4n) is 1.61. The minimum Gasteiger partial charge on any atom is -0.477 e. The van der Waals surface area contributed by atoms with E-state index in [4.69, 9.17) is 5.11 Å². The van der Waals surface area contributed by atoms with Crippen molar-refractivity contribution >= 4 is 11.9 Å². The molecule has 0 radical (unpaired) electrons. The Bertz CT molecular complexity index is 288. The van der Waals surface area contributed by atoms with Crippen LogP contribution < -0.4 is 5.32 Å². The average molecular weight is 197 g/mol. The minimum absolute atomic E-state index is 0.0238. The molecule has 1 saturated carbocycles. The molecule has 2 atom stereocenters. The maximum atomic E-state index is 11.5. The molecule has 78 valence electrons. The average Bonchev–Trinajstić information content (AvgIpc) is 2.70. The van der Waals surface area contributed by atoms with Crippen LogP contribution >= 0.6 is 0 Å². The number of carbonyl (C=O) groups excluding carboxylic acids is 1. The largest absolute Gasteiger partial charge is 0.477 e. The van der Waals surface area contributed by atoms with Crippen LogP contribution in [0.2, 0.25) is 0 Å². The zero-order valence-corrected chi connectivity index (χ0v) is 8.57. The predicted molar refractivity (Wildman–Crippen MR) is 51.4 cm³/mol. The first kappa shape index (κ1) is 10.8. The summed E-state index contributed by atoms with van der Waals surface area (Å²) in [5, 5.41) is 11.1. The fraction of sp³-hybridized carbons (Fsp3) is 0.600. The van der Waals surface area contributed by atoms with Crippen molar-refractivity contribution in [1.82, 2.24) is 5.32 Å². The normalized spacial score (nSPS) is 31.1. The summed E-state index contributed by atoms with van der Waals surface area (Å²) in [7, 11) is 0. The van der Waals surface area contributed by atoms with Crippen LogP contribution in [0.15, 0.2) is 11.8 Å². The van der Waals surface area contributed by atoms with E-state index in [-0.39, 0.29) is 17.5 Å². The second-order valence-electron chi connectivity index (χ2n) is 3.74. The lowest BCUT2D eigenvalue weighted by molar-refractivity contribution is -0.135. The predicted octanol–water partition coefficient (Wildman–Crippen LogP) is 0.993. The lowest BCUT2D eigenvalue weighted by atomic mass is 10.3. The summed E-state index contributed by atoms with van der Waals surface area (Å²) in [5.74, 6) is -0.574. The van der Waals surface area contributed by atoms with Gasteiger partial charge >= 0.3 is 5.97 Å². The van der Waals surface area contributed by atoms with Gasteiger partial charge in [-0.25, -0.2) is 4.79 Å². The fourth-order valence-corrected chi connectivity index (χ4v) is 1.61. The lowest BCUT2D eigenvalue weighted by Gasteiger charge is -2.03. The molecule has 0 aromatic heterocycles. The number of carboxylic acids is 1. The summed E-state index contributed by atoms with van der Waals surface area (Å²) in [6.45, 7) is 5.57. The number of carbonyl (C=O) groups is 2. The van der Waals surface area contributed by atoms with Crippen LogP contribution in [0.25, 0.3) is 0 Å². The van der Waals surface area contributed by atoms with Crippen LogP contribution in [-0.4, -0.2) is 17.0 Å². The number of aliphatic carboxylic acids is 1. The van der Waals surface area contributed by atoms with Gasteiger partial charge in [0.2, 0.25) is 5.91 Å². The number of rotatable bonds is 3. The van der Waals surface area contributed by atoms with E-state index in [0.717, 1.165) is 0 Å². The maximum Gasteiger partial charge on any atom is 0.352 e. The van der Waals surface area contributed by atoms with Gasteiger partial charge in [-0.05, 0) is 18.8 Å². The quantitative estimate of drug-likeness (QED) is 0.663. The van der Waals surface area contributed by atoms with Crippen molar-refractivity contribution < 1.29 is 14.7 Å². The molecule has 4 nitrogen and oxygen atoms in total. The third kappa shape index (κ3) is 1.95. The summed E-state index contributed by atoms with van der Waals surface area (Å²) < 4.78 is 0. The molecule has 1 aliphatic carbocycles. The van der Waals surface area contributed by atoms with E-state index in [0.29, 0.717) is 11.8 Å². The molecule has 1 rings (SSSR count). The zero-order chi connectivity index (χ0) is 10.9. The van der Waals surface area contributed by atoms with Crippen LogP contribution in [0, 0.1) is 17.8 Å². The van der Waals surface area contributed by atoms with Gasteiger partial charge in [0.1, 0.15) is 5.70 Å². The van der Waals surface area contributed by atoms with E-state index in [1.54, 1.807) is 6.92 Å². The van der Waals surface area contributed by atoms with E-state index < -0.39 is 5.97 Å². The Morgan fingerprint density at radius 2 is 1.79 bits per heavy atom. The molecule has 1 amide bonds. The van der Waals surface area contributed by atoms with Crippen molar-refractivity contribution in [3.8, 4) is 0 Å². The highest BCUT2D eigenvalue weighted by Gasteiger charge is 2.48. The number of nitrogens with one attached hydrogen (secondary N) is 1. The molecule has 0 saturated heterocycles. The number of hydrogen-bond acceptors (Lipinski definition) is 2. The summed E-state index contributed by atoms with van der Waals surface area (Å²) in [6, 6.07) is 0. The summed E-state index contributed by atoms with van der Waals surface area (Å²) in [4.78, 5) is 22.1. The highest BCUT2D eigenvalue weighted by Crippen LogP contribution is 2.45. The number of amides is 1. The molecule has 0 aromatic carbocycles. The first-order valence-corrected chi connectivity index (χ1v) is 4.69. The standard InChI is InChI=1S/C10H15NO3/c1-4-7(10(13)14)11-9(12)8-5(2)6(8)3/h4-6,8H,1-3H3,(H,11,12)(H,13,14)/b7-4+. The Morgan fingerprint density at radius 3 is 2.07 bits per heavy atom. The maximum absolute atomic E-state index is 11.5. The molecular formula is C10H15NO3. The van der Waals surface area contributed by atoms with E-state index in [1.165, 1.54) is 6.08 Å². The van der Waals surface area contributed by atoms with E-state index in [9.17, 15) is 9.59 Å². The smallest absolute Gasteiger partial charge is 0.352 e. The highest BCUT2D eigenvalue weighted by molar-refractivity contribution is 5.94. The van der Waals surface area contributed by atoms with Gasteiger partial charge in [-0.1, -0.05) is 19.9 Å². The SMILES string of the molecule is C/C=C(/NC(=O)C1C(C)C1C)C(=O)O. The van der Waals surface area contributed by atoms with Gasteiger partial charge in [0, 0.05) is 5.92 Å². The minimum atomic E-state index is -1.10. The number of carboxylic acid groups (broad SMARTS) is 1. The third-order valence-electron chi connectivity index (χ3n) is 2.90. The second kappa shape index (κ2) is 3.82. The van der Waals surface area contributed by atoms with E-state index >= 15 is 0 Å². The Kier molecular flexibility index (Phi) is 2.93. The molecule has 2 unspecified atom stereocenters. The molecule has 1 fully saturated rings. The molecule has 0 aliphatic heterocycles. The molecule has 0 spiro atoms. The Hall–Kier alpha value is -1.32. The molecule has 2 N–H and O–H groups in total. The molecule has 0 heterocycles. The van der Waals surface area contributed by atoms with Crippen LogP contribution in [0.1, 0.15) is 20.8 Å². The van der Waals surface area contributed by atoms with Crippen LogP contribution in [0.3, 0.4) is 0 Å². The van der Waals surface area contributed by atoms with E-state index in [1.807, 2.05) is 13.8 Å². The van der Waals surface area contributed by atoms with Gasteiger partial charge in [0.15, 0.2) is 0 Å². The molecular weight excluding hydrogens is 182 g/mol. The third-order valence-corrected chi connectivity index (χ3v) is 2.90. The number of hydrogen-bond donors (Lipinski definition) is 2. The first-order chi connectivity index (χ1) is 6.49. The Morgan fingerprint density at radius 1 is 1.29 bits per heavy atom. The first-order valence-electron chi connectivity index (χ1n) is 4.69. The van der Waals surface area contributed by atoms with Gasteiger partial charge in [-0.15, -0.1) is 0 Å². The van der Waals surface area contributed by atoms with Crippen LogP contribution in [0.4, 0.5) is 0 Å². The van der Waals surface area contributed by atoms with Crippen LogP contribution in [0.5, 0.6) is 0 Å². The topological polar surface area (TPSA) is 66.4 Å². The Balaban J connectivity index is 2.53. The molecule has 0 aromatic rings. The van der Waals surface area contributed by atoms with Gasteiger partial charge in [0.25, 0.3) is 0 Å². The summed E-state index contributed by atoms with van der Waals surface area (Å²) in [6.07, 6.45) is 1.39. The van der Waals surface area contributed by atoms with Crippen molar-refractivity contribution in [3.05, 3.63) is 11.8 Å². The van der Waals surface area contributed by atoms with Crippen molar-refractivity contribution in [2.45, 2.75) is 20.8 Å². The number of allylic oxidation sites excluding steroid dienone is 1. The lowest BCUT2D eigenvalue weighted by Crippen LogP contribution is -2.29. The van der Waals surface area contributed by atoms with Crippen molar-refractivity contribution in [2.24, 2.45) is 17.8 Å². The van der Waals surface area contributed by atoms with Crippen molar-refractivity contribution in [3.63, 3.8) is 0 Å². The summed E-state index contributed by atoms with van der Waals surface area (Å²) in [5.41, 5.74) is -0.0405. The van der Waals surface area contributed by atoms with E-state index in [2.05, 4.69) is 5.32 Å².